The minimum absolute atomic E-state index is 0.387. The Hall–Kier alpha value is -1.46. The Kier molecular flexibility index (Phi) is 3.06. The summed E-state index contributed by atoms with van der Waals surface area (Å²) >= 11 is 0. The maximum absolute atomic E-state index is 11.6. The van der Waals surface area contributed by atoms with Gasteiger partial charge in [-0.25, -0.2) is 9.59 Å². The molecule has 4 bridgehead atoms. The van der Waals surface area contributed by atoms with Gasteiger partial charge < -0.3 is 20.1 Å². The van der Waals surface area contributed by atoms with Gasteiger partial charge in [0.25, 0.3) is 0 Å². The SMILES string of the molecule is CNC(=O)OC12CC3CC(C1)CC(OC(=O)NC)(C3)C2. The maximum Gasteiger partial charge on any atom is 0.407 e. The zero-order valence-corrected chi connectivity index (χ0v) is 12.0. The quantitative estimate of drug-likeness (QED) is 0.809. The molecule has 0 saturated heterocycles. The summed E-state index contributed by atoms with van der Waals surface area (Å²) in [5, 5.41) is 5.05. The topological polar surface area (TPSA) is 76.7 Å². The molecule has 4 saturated carbocycles. The van der Waals surface area contributed by atoms with Gasteiger partial charge in [-0.2, -0.15) is 0 Å². The van der Waals surface area contributed by atoms with Gasteiger partial charge in [0.15, 0.2) is 0 Å². The average molecular weight is 282 g/mol. The minimum atomic E-state index is -0.446. The van der Waals surface area contributed by atoms with Crippen LogP contribution < -0.4 is 10.6 Å². The largest absolute Gasteiger partial charge is 0.443 e. The second-order valence-corrected chi connectivity index (χ2v) is 6.61. The van der Waals surface area contributed by atoms with Crippen LogP contribution in [0.25, 0.3) is 0 Å². The van der Waals surface area contributed by atoms with E-state index in [1.165, 1.54) is 0 Å². The molecule has 20 heavy (non-hydrogen) atoms. The summed E-state index contributed by atoms with van der Waals surface area (Å²) in [4.78, 5) is 23.3. The first-order valence-corrected chi connectivity index (χ1v) is 7.30. The second kappa shape index (κ2) is 4.53. The van der Waals surface area contributed by atoms with Gasteiger partial charge in [0.1, 0.15) is 11.2 Å². The smallest absolute Gasteiger partial charge is 0.407 e. The van der Waals surface area contributed by atoms with Gasteiger partial charge in [0.05, 0.1) is 0 Å². The van der Waals surface area contributed by atoms with Crippen LogP contribution in [0.1, 0.15) is 38.5 Å². The number of hydrogen-bond donors (Lipinski definition) is 2. The van der Waals surface area contributed by atoms with Crippen molar-refractivity contribution in [1.82, 2.24) is 10.6 Å². The zero-order valence-electron chi connectivity index (χ0n) is 12.0. The van der Waals surface area contributed by atoms with Crippen LogP contribution in [0.2, 0.25) is 0 Å². The van der Waals surface area contributed by atoms with E-state index in [-0.39, 0.29) is 12.2 Å². The summed E-state index contributed by atoms with van der Waals surface area (Å²) in [7, 11) is 3.14. The van der Waals surface area contributed by atoms with Crippen molar-refractivity contribution >= 4 is 12.2 Å². The third-order valence-electron chi connectivity index (χ3n) is 4.98. The summed E-state index contributed by atoms with van der Waals surface area (Å²) in [6.45, 7) is 0. The molecule has 6 nitrogen and oxygen atoms in total. The lowest BCUT2D eigenvalue weighted by atomic mass is 9.52. The zero-order chi connectivity index (χ0) is 14.4. The molecule has 0 aromatic carbocycles. The molecular formula is C14H22N2O4. The molecule has 2 N–H and O–H groups in total. The van der Waals surface area contributed by atoms with Crippen LogP contribution in [-0.4, -0.2) is 37.5 Å². The standard InChI is InChI=1S/C14H22N2O4/c1-15-11(17)19-13-4-9-3-10(5-13)7-14(6-9,8-13)20-12(18)16-2/h9-10H,3-8H2,1-2H3,(H,15,17)(H,16,18). The monoisotopic (exact) mass is 282 g/mol. The van der Waals surface area contributed by atoms with E-state index in [4.69, 9.17) is 9.47 Å². The lowest BCUT2D eigenvalue weighted by molar-refractivity contribution is -0.197. The fraction of sp³-hybridized carbons (Fsp3) is 0.857. The highest BCUT2D eigenvalue weighted by atomic mass is 16.6. The Morgan fingerprint density at radius 3 is 1.65 bits per heavy atom. The van der Waals surface area contributed by atoms with Gasteiger partial charge in [-0.3, -0.25) is 0 Å². The highest BCUT2D eigenvalue weighted by Gasteiger charge is 2.61. The van der Waals surface area contributed by atoms with Gasteiger partial charge in [0, 0.05) is 20.5 Å². The van der Waals surface area contributed by atoms with E-state index < -0.39 is 11.2 Å². The minimum Gasteiger partial charge on any atom is -0.443 e. The first-order chi connectivity index (χ1) is 9.48. The third-order valence-corrected chi connectivity index (χ3v) is 4.98. The Morgan fingerprint density at radius 2 is 1.30 bits per heavy atom. The van der Waals surface area contributed by atoms with E-state index in [2.05, 4.69) is 10.6 Å². The number of rotatable bonds is 2. The highest BCUT2D eigenvalue weighted by molar-refractivity contribution is 5.68. The van der Waals surface area contributed by atoms with Crippen molar-refractivity contribution in [1.29, 1.82) is 0 Å². The molecule has 0 aromatic heterocycles. The van der Waals surface area contributed by atoms with E-state index in [0.717, 1.165) is 32.1 Å². The van der Waals surface area contributed by atoms with Gasteiger partial charge in [-0.05, 0) is 43.9 Å². The molecule has 4 fully saturated rings. The third kappa shape index (κ3) is 2.21. The lowest BCUT2D eigenvalue weighted by Crippen LogP contribution is -2.62. The van der Waals surface area contributed by atoms with Crippen molar-refractivity contribution in [2.45, 2.75) is 49.7 Å². The van der Waals surface area contributed by atoms with E-state index >= 15 is 0 Å². The molecule has 0 spiro atoms. The van der Waals surface area contributed by atoms with Crippen LogP contribution in [0.15, 0.2) is 0 Å². The molecule has 0 unspecified atom stereocenters. The summed E-state index contributed by atoms with van der Waals surface area (Å²) in [6, 6.07) is 0. The van der Waals surface area contributed by atoms with Crippen LogP contribution in [0.4, 0.5) is 9.59 Å². The van der Waals surface area contributed by atoms with Crippen LogP contribution in [0.3, 0.4) is 0 Å². The van der Waals surface area contributed by atoms with E-state index in [1.807, 2.05) is 0 Å². The van der Waals surface area contributed by atoms with E-state index in [0.29, 0.717) is 18.3 Å². The summed E-state index contributed by atoms with van der Waals surface area (Å²) in [5.41, 5.74) is -0.892. The molecule has 0 radical (unpaired) electrons. The summed E-state index contributed by atoms with van der Waals surface area (Å²) in [6.07, 6.45) is 4.62. The molecule has 6 heteroatoms. The fourth-order valence-electron chi connectivity index (χ4n) is 4.83. The van der Waals surface area contributed by atoms with Crippen LogP contribution in [0, 0.1) is 11.8 Å². The van der Waals surface area contributed by atoms with Gasteiger partial charge in [-0.15, -0.1) is 0 Å². The maximum atomic E-state index is 11.6. The average Bonchev–Trinajstić information content (AvgIpc) is 2.35. The van der Waals surface area contributed by atoms with Gasteiger partial charge >= 0.3 is 12.2 Å². The Balaban J connectivity index is 1.81. The van der Waals surface area contributed by atoms with Crippen molar-refractivity contribution in [2.75, 3.05) is 14.1 Å². The van der Waals surface area contributed by atoms with Crippen LogP contribution in [0.5, 0.6) is 0 Å². The van der Waals surface area contributed by atoms with Crippen molar-refractivity contribution in [3.8, 4) is 0 Å². The summed E-state index contributed by atoms with van der Waals surface area (Å²) < 4.78 is 11.4. The Morgan fingerprint density at radius 1 is 0.900 bits per heavy atom. The van der Waals surface area contributed by atoms with Crippen molar-refractivity contribution in [2.24, 2.45) is 11.8 Å². The molecule has 4 rings (SSSR count). The number of carbonyl (C=O) groups excluding carboxylic acids is 2. The number of hydrogen-bond acceptors (Lipinski definition) is 4. The van der Waals surface area contributed by atoms with Gasteiger partial charge in [0.2, 0.25) is 0 Å². The highest BCUT2D eigenvalue weighted by Crippen LogP contribution is 2.60. The van der Waals surface area contributed by atoms with Crippen molar-refractivity contribution in [3.63, 3.8) is 0 Å². The number of alkyl carbamates (subject to hydrolysis) is 2. The van der Waals surface area contributed by atoms with E-state index in [1.54, 1.807) is 14.1 Å². The predicted molar refractivity (Wildman–Crippen MR) is 71.2 cm³/mol. The summed E-state index contributed by atoms with van der Waals surface area (Å²) in [5.74, 6) is 0.983. The normalized spacial score (nSPS) is 41.1. The number of ether oxygens (including phenoxy) is 2. The molecule has 0 heterocycles. The molecule has 4 aliphatic carbocycles. The molecule has 112 valence electrons. The molecule has 2 amide bonds. The Bertz CT molecular complexity index is 387. The molecular weight excluding hydrogens is 260 g/mol. The van der Waals surface area contributed by atoms with Gasteiger partial charge in [-0.1, -0.05) is 0 Å². The predicted octanol–water partition coefficient (Wildman–Crippen LogP) is 1.79. The van der Waals surface area contributed by atoms with Crippen LogP contribution >= 0.6 is 0 Å². The molecule has 0 aliphatic heterocycles. The molecule has 4 aliphatic rings. The number of nitrogens with one attached hydrogen (secondary N) is 2. The van der Waals surface area contributed by atoms with Crippen molar-refractivity contribution in [3.05, 3.63) is 0 Å². The molecule has 0 aromatic rings. The lowest BCUT2D eigenvalue weighted by Gasteiger charge is -2.59. The Labute approximate surface area is 118 Å². The first kappa shape index (κ1) is 13.5. The number of carbonyl (C=O) groups is 2. The first-order valence-electron chi connectivity index (χ1n) is 7.30. The van der Waals surface area contributed by atoms with Crippen LogP contribution in [-0.2, 0) is 9.47 Å². The van der Waals surface area contributed by atoms with E-state index in [9.17, 15) is 9.59 Å². The molecule has 0 atom stereocenters. The second-order valence-electron chi connectivity index (χ2n) is 6.61. The fourth-order valence-corrected chi connectivity index (χ4v) is 4.83. The number of amides is 2. The van der Waals surface area contributed by atoms with Crippen molar-refractivity contribution < 1.29 is 19.1 Å².